The predicted octanol–water partition coefficient (Wildman–Crippen LogP) is 1.27. The number of nitrogens with zero attached hydrogens (tertiary/aromatic N) is 3. The van der Waals surface area contributed by atoms with Crippen molar-refractivity contribution in [1.29, 1.82) is 0 Å². The molecule has 1 aliphatic carbocycles. The summed E-state index contributed by atoms with van der Waals surface area (Å²) in [6.07, 6.45) is 6.10. The van der Waals surface area contributed by atoms with Gasteiger partial charge < -0.3 is 4.90 Å². The van der Waals surface area contributed by atoms with Gasteiger partial charge in [0.2, 0.25) is 0 Å². The highest BCUT2D eigenvalue weighted by Crippen LogP contribution is 2.36. The molecule has 132 valence electrons. The summed E-state index contributed by atoms with van der Waals surface area (Å²) in [7, 11) is 1.54. The van der Waals surface area contributed by atoms with E-state index in [1.807, 2.05) is 4.90 Å². The number of aryl methyl sites for hydroxylation is 1. The molecule has 2 fully saturated rings. The van der Waals surface area contributed by atoms with Gasteiger partial charge in [0.15, 0.2) is 0 Å². The van der Waals surface area contributed by atoms with Crippen LogP contribution in [0.2, 0.25) is 0 Å². The quantitative estimate of drug-likeness (QED) is 0.845. The predicted molar refractivity (Wildman–Crippen MR) is 93.6 cm³/mol. The van der Waals surface area contributed by atoms with Gasteiger partial charge in [-0.05, 0) is 36.8 Å². The van der Waals surface area contributed by atoms with Crippen molar-refractivity contribution in [2.75, 3.05) is 13.1 Å². The monoisotopic (exact) mass is 342 g/mol. The van der Waals surface area contributed by atoms with Crippen LogP contribution in [0, 0.1) is 11.8 Å². The number of hydrogen-bond donors (Lipinski definition) is 1. The second-order valence-electron chi connectivity index (χ2n) is 7.23. The number of amides is 1. The summed E-state index contributed by atoms with van der Waals surface area (Å²) in [5, 5.41) is 0.310. The zero-order valence-corrected chi connectivity index (χ0v) is 14.3. The number of piperidine rings is 1. The Balaban J connectivity index is 1.65. The first kappa shape index (κ1) is 16.1. The van der Waals surface area contributed by atoms with Gasteiger partial charge >= 0.3 is 5.69 Å². The molecule has 1 saturated carbocycles. The van der Waals surface area contributed by atoms with E-state index in [0.717, 1.165) is 25.4 Å². The highest BCUT2D eigenvalue weighted by Gasteiger charge is 2.33. The normalized spacial score (nSPS) is 23.5. The molecule has 2 atom stereocenters. The number of fused-ring (bicyclic) bond motifs is 2. The number of hydrogen-bond acceptors (Lipinski definition) is 4. The highest BCUT2D eigenvalue weighted by atomic mass is 16.2. The molecule has 7 heteroatoms. The standard InChI is InChI=1S/C18H22N4O3/c1-21-15-13(16(23)20-18(21)25)6-7-14(19-15)17(24)22-9-8-11-4-2-3-5-12(11)10-22/h6-7,11-12H,2-5,8-10H2,1H3,(H,20,23,25)/t11-,12+/m1/s1. The molecule has 4 rings (SSSR count). The van der Waals surface area contributed by atoms with Crippen LogP contribution in [-0.4, -0.2) is 38.4 Å². The summed E-state index contributed by atoms with van der Waals surface area (Å²) >= 11 is 0. The third kappa shape index (κ3) is 2.77. The van der Waals surface area contributed by atoms with E-state index in [0.29, 0.717) is 17.0 Å². The Bertz CT molecular complexity index is 945. The third-order valence-corrected chi connectivity index (χ3v) is 5.76. The smallest absolute Gasteiger partial charge is 0.329 e. The van der Waals surface area contributed by atoms with Gasteiger partial charge in [0.1, 0.15) is 11.3 Å². The van der Waals surface area contributed by atoms with Crippen LogP contribution >= 0.6 is 0 Å². The molecule has 1 N–H and O–H groups in total. The first-order chi connectivity index (χ1) is 12.0. The van der Waals surface area contributed by atoms with E-state index in [1.165, 1.54) is 37.3 Å². The van der Waals surface area contributed by atoms with Crippen LogP contribution in [-0.2, 0) is 7.05 Å². The Morgan fingerprint density at radius 2 is 1.92 bits per heavy atom. The minimum absolute atomic E-state index is 0.112. The topological polar surface area (TPSA) is 88.1 Å². The molecule has 7 nitrogen and oxygen atoms in total. The SMILES string of the molecule is Cn1c(=O)[nH]c(=O)c2ccc(C(=O)N3CC[C@H]4CCCC[C@H]4C3)nc21. The number of carbonyl (C=O) groups is 1. The number of nitrogens with one attached hydrogen (secondary N) is 1. The Hall–Kier alpha value is -2.44. The summed E-state index contributed by atoms with van der Waals surface area (Å²) in [6.45, 7) is 1.55. The molecule has 25 heavy (non-hydrogen) atoms. The van der Waals surface area contributed by atoms with E-state index in [1.54, 1.807) is 12.1 Å². The van der Waals surface area contributed by atoms with Gasteiger partial charge in [-0.2, -0.15) is 0 Å². The molecule has 0 unspecified atom stereocenters. The summed E-state index contributed by atoms with van der Waals surface area (Å²) in [4.78, 5) is 45.0. The van der Waals surface area contributed by atoms with Gasteiger partial charge in [0.25, 0.3) is 11.5 Å². The van der Waals surface area contributed by atoms with E-state index in [9.17, 15) is 14.4 Å². The van der Waals surface area contributed by atoms with E-state index in [-0.39, 0.29) is 11.6 Å². The molecule has 2 aromatic heterocycles. The van der Waals surface area contributed by atoms with Gasteiger partial charge in [-0.25, -0.2) is 9.78 Å². The molecular formula is C18H22N4O3. The van der Waals surface area contributed by atoms with Gasteiger partial charge in [-0.15, -0.1) is 0 Å². The van der Waals surface area contributed by atoms with Crippen LogP contribution in [0.4, 0.5) is 0 Å². The molecule has 0 spiro atoms. The number of carbonyl (C=O) groups excluding carboxylic acids is 1. The van der Waals surface area contributed by atoms with Gasteiger partial charge in [-0.1, -0.05) is 19.3 Å². The van der Waals surface area contributed by atoms with Crippen LogP contribution in [0.5, 0.6) is 0 Å². The largest absolute Gasteiger partial charge is 0.337 e. The lowest BCUT2D eigenvalue weighted by Gasteiger charge is -2.41. The second-order valence-corrected chi connectivity index (χ2v) is 7.23. The average molecular weight is 342 g/mol. The summed E-state index contributed by atoms with van der Waals surface area (Å²) in [5.41, 5.74) is -0.472. The minimum Gasteiger partial charge on any atom is -0.337 e. The van der Waals surface area contributed by atoms with Crippen molar-refractivity contribution in [3.63, 3.8) is 0 Å². The Labute approximate surface area is 144 Å². The molecule has 0 aromatic carbocycles. The lowest BCUT2D eigenvalue weighted by Crippen LogP contribution is -2.45. The fraction of sp³-hybridized carbons (Fsp3) is 0.556. The number of pyridine rings is 1. The first-order valence-electron chi connectivity index (χ1n) is 8.94. The number of H-pyrrole nitrogens is 1. The lowest BCUT2D eigenvalue weighted by molar-refractivity contribution is 0.0516. The maximum Gasteiger partial charge on any atom is 0.329 e. The Morgan fingerprint density at radius 1 is 1.16 bits per heavy atom. The van der Waals surface area contributed by atoms with Crippen LogP contribution in [0.25, 0.3) is 11.0 Å². The first-order valence-corrected chi connectivity index (χ1v) is 8.94. The number of aromatic nitrogens is 3. The van der Waals surface area contributed by atoms with E-state index in [2.05, 4.69) is 9.97 Å². The molecule has 0 radical (unpaired) electrons. The average Bonchev–Trinajstić information content (AvgIpc) is 2.65. The third-order valence-electron chi connectivity index (χ3n) is 5.76. The molecule has 1 aliphatic heterocycles. The van der Waals surface area contributed by atoms with Crippen LogP contribution < -0.4 is 11.2 Å². The van der Waals surface area contributed by atoms with Gasteiger partial charge in [-0.3, -0.25) is 19.1 Å². The van der Waals surface area contributed by atoms with Crippen molar-refractivity contribution in [2.24, 2.45) is 18.9 Å². The van der Waals surface area contributed by atoms with Crippen LogP contribution in [0.15, 0.2) is 21.7 Å². The zero-order valence-electron chi connectivity index (χ0n) is 14.3. The minimum atomic E-state index is -0.530. The summed E-state index contributed by atoms with van der Waals surface area (Å²) < 4.78 is 1.26. The van der Waals surface area contributed by atoms with Gasteiger partial charge in [0, 0.05) is 20.1 Å². The second kappa shape index (κ2) is 6.13. The molecule has 1 amide bonds. The van der Waals surface area contributed by atoms with Crippen molar-refractivity contribution >= 4 is 16.9 Å². The molecular weight excluding hydrogens is 320 g/mol. The van der Waals surface area contributed by atoms with E-state index >= 15 is 0 Å². The Kier molecular flexibility index (Phi) is 3.94. The van der Waals surface area contributed by atoms with Crippen LogP contribution in [0.3, 0.4) is 0 Å². The molecule has 2 aromatic rings. The molecule has 1 saturated heterocycles. The van der Waals surface area contributed by atoms with Crippen LogP contribution in [0.1, 0.15) is 42.6 Å². The van der Waals surface area contributed by atoms with Crippen molar-refractivity contribution in [3.8, 4) is 0 Å². The fourth-order valence-electron chi connectivity index (χ4n) is 4.29. The van der Waals surface area contributed by atoms with Crippen molar-refractivity contribution in [1.82, 2.24) is 19.4 Å². The van der Waals surface area contributed by atoms with E-state index < -0.39 is 11.2 Å². The van der Waals surface area contributed by atoms with E-state index in [4.69, 9.17) is 0 Å². The Morgan fingerprint density at radius 3 is 2.72 bits per heavy atom. The maximum atomic E-state index is 12.9. The molecule has 2 aliphatic rings. The van der Waals surface area contributed by atoms with Gasteiger partial charge in [0.05, 0.1) is 5.39 Å². The van der Waals surface area contributed by atoms with Crippen molar-refractivity contribution < 1.29 is 4.79 Å². The summed E-state index contributed by atoms with van der Waals surface area (Å²) in [5.74, 6) is 1.24. The summed E-state index contributed by atoms with van der Waals surface area (Å²) in [6, 6.07) is 3.15. The van der Waals surface area contributed by atoms with Crippen molar-refractivity contribution in [3.05, 3.63) is 38.7 Å². The number of aromatic amines is 1. The van der Waals surface area contributed by atoms with Crippen molar-refractivity contribution in [2.45, 2.75) is 32.1 Å². The fourth-order valence-corrected chi connectivity index (χ4v) is 4.29. The number of likely N-dealkylation sites (tertiary alicyclic amines) is 1. The number of rotatable bonds is 1. The molecule has 3 heterocycles. The highest BCUT2D eigenvalue weighted by molar-refractivity contribution is 5.94. The lowest BCUT2D eigenvalue weighted by atomic mass is 9.75. The maximum absolute atomic E-state index is 12.9. The zero-order chi connectivity index (χ0) is 17.6. The molecule has 0 bridgehead atoms.